The van der Waals surface area contributed by atoms with Crippen LogP contribution in [0.2, 0.25) is 0 Å². The Morgan fingerprint density at radius 1 is 0.870 bits per heavy atom. The van der Waals surface area contributed by atoms with Gasteiger partial charge in [0.25, 0.3) is 0 Å². The highest BCUT2D eigenvalue weighted by atomic mass is 16.5. The van der Waals surface area contributed by atoms with Gasteiger partial charge in [0.05, 0.1) is 32.0 Å². The number of rotatable bonds is 9. The van der Waals surface area contributed by atoms with Gasteiger partial charge in [-0.2, -0.15) is 5.10 Å². The van der Waals surface area contributed by atoms with Gasteiger partial charge in [-0.25, -0.2) is 9.48 Å². The number of piperidine rings is 1. The zero-order chi connectivity index (χ0) is 32.8. The predicted octanol–water partition coefficient (Wildman–Crippen LogP) is 7.16. The molecule has 9 nitrogen and oxygen atoms in total. The van der Waals surface area contributed by atoms with Gasteiger partial charge in [0.2, 0.25) is 5.91 Å². The van der Waals surface area contributed by atoms with E-state index in [-0.39, 0.29) is 17.4 Å². The number of aromatic nitrogens is 2. The zero-order valence-corrected chi connectivity index (χ0v) is 27.7. The Morgan fingerprint density at radius 2 is 1.59 bits per heavy atom. The van der Waals surface area contributed by atoms with E-state index >= 15 is 0 Å². The number of benzene rings is 3. The van der Waals surface area contributed by atoms with Gasteiger partial charge < -0.3 is 19.7 Å². The van der Waals surface area contributed by atoms with Crippen molar-refractivity contribution in [3.63, 3.8) is 0 Å². The molecule has 46 heavy (non-hydrogen) atoms. The van der Waals surface area contributed by atoms with E-state index in [1.165, 1.54) is 0 Å². The minimum absolute atomic E-state index is 0.126. The molecule has 0 spiro atoms. The summed E-state index contributed by atoms with van der Waals surface area (Å²) < 4.78 is 12.5. The first-order valence-corrected chi connectivity index (χ1v) is 15.9. The summed E-state index contributed by atoms with van der Waals surface area (Å²) in [5.74, 6) is 2.48. The standard InChI is InChI=1S/C37H45N5O4/c1-25-10-13-30(14-11-25)42-34(24-33(40-42)37(2,3)4)39-36(44)38-29-9-7-8-27(21-29)20-26-16-18-41(19-17-26)35(43)23-28-12-15-31(45-5)32(22-28)46-6/h7-15,21-22,24,26H,16-20,23H2,1-6H3,(H2,38,39,44). The second kappa shape index (κ2) is 14.1. The number of aryl methyl sites for hydroxylation is 1. The Balaban J connectivity index is 1.16. The van der Waals surface area contributed by atoms with Gasteiger partial charge in [0, 0.05) is 30.3 Å². The molecular formula is C37H45N5O4. The number of anilines is 2. The fraction of sp³-hybridized carbons (Fsp3) is 0.378. The van der Waals surface area contributed by atoms with Gasteiger partial charge in [-0.15, -0.1) is 0 Å². The quantitative estimate of drug-likeness (QED) is 0.206. The van der Waals surface area contributed by atoms with E-state index in [0.29, 0.717) is 29.7 Å². The molecule has 1 aromatic heterocycles. The van der Waals surface area contributed by atoms with Crippen molar-refractivity contribution in [3.05, 3.63) is 95.2 Å². The predicted molar refractivity (Wildman–Crippen MR) is 182 cm³/mol. The fourth-order valence-corrected chi connectivity index (χ4v) is 5.77. The molecule has 0 bridgehead atoms. The summed E-state index contributed by atoms with van der Waals surface area (Å²) in [6.07, 6.45) is 3.11. The van der Waals surface area contributed by atoms with E-state index in [1.807, 2.05) is 78.6 Å². The second-order valence-corrected chi connectivity index (χ2v) is 13.1. The summed E-state index contributed by atoms with van der Waals surface area (Å²) >= 11 is 0. The summed E-state index contributed by atoms with van der Waals surface area (Å²) in [7, 11) is 3.20. The number of likely N-dealkylation sites (tertiary alicyclic amines) is 1. The third-order valence-corrected chi connectivity index (χ3v) is 8.48. The Labute approximate surface area is 271 Å². The average molecular weight is 624 g/mol. The summed E-state index contributed by atoms with van der Waals surface area (Å²) in [6, 6.07) is 23.3. The Bertz CT molecular complexity index is 1660. The van der Waals surface area contributed by atoms with Crippen LogP contribution in [0.3, 0.4) is 0 Å². The highest BCUT2D eigenvalue weighted by Gasteiger charge is 2.24. The molecule has 1 aliphatic rings. The van der Waals surface area contributed by atoms with Gasteiger partial charge in [-0.1, -0.05) is 56.7 Å². The molecule has 242 valence electrons. The molecule has 0 atom stereocenters. The van der Waals surface area contributed by atoms with Gasteiger partial charge in [-0.05, 0) is 79.6 Å². The molecule has 1 saturated heterocycles. The normalized spacial score (nSPS) is 13.7. The van der Waals surface area contributed by atoms with Crippen molar-refractivity contribution < 1.29 is 19.1 Å². The maximum absolute atomic E-state index is 13.2. The first-order valence-electron chi connectivity index (χ1n) is 15.9. The number of nitrogens with one attached hydrogen (secondary N) is 2. The molecule has 4 aromatic rings. The molecule has 0 aliphatic carbocycles. The highest BCUT2D eigenvalue weighted by molar-refractivity contribution is 5.99. The number of hydrogen-bond donors (Lipinski definition) is 2. The lowest BCUT2D eigenvalue weighted by atomic mass is 9.90. The molecule has 0 unspecified atom stereocenters. The lowest BCUT2D eigenvalue weighted by Crippen LogP contribution is -2.39. The van der Waals surface area contributed by atoms with Crippen LogP contribution in [0.15, 0.2) is 72.8 Å². The maximum atomic E-state index is 13.2. The molecule has 2 heterocycles. The first-order chi connectivity index (χ1) is 22.0. The lowest BCUT2D eigenvalue weighted by Gasteiger charge is -2.32. The number of amides is 3. The Morgan fingerprint density at radius 3 is 2.26 bits per heavy atom. The molecule has 0 saturated carbocycles. The first kappa shape index (κ1) is 32.6. The van der Waals surface area contributed by atoms with Gasteiger partial charge in [0.1, 0.15) is 5.82 Å². The molecule has 0 radical (unpaired) electrons. The molecule has 9 heteroatoms. The SMILES string of the molecule is COc1ccc(CC(=O)N2CCC(Cc3cccc(NC(=O)Nc4cc(C(C)(C)C)nn4-c4ccc(C)cc4)c3)CC2)cc1OC. The number of hydrogen-bond acceptors (Lipinski definition) is 5. The van der Waals surface area contributed by atoms with Crippen LogP contribution in [0.25, 0.3) is 5.69 Å². The minimum atomic E-state index is -0.327. The van der Waals surface area contributed by atoms with Crippen molar-refractivity contribution in [2.24, 2.45) is 5.92 Å². The fourth-order valence-electron chi connectivity index (χ4n) is 5.77. The van der Waals surface area contributed by atoms with Crippen molar-refractivity contribution in [2.75, 3.05) is 37.9 Å². The average Bonchev–Trinajstić information content (AvgIpc) is 3.46. The monoisotopic (exact) mass is 623 g/mol. The Hall–Kier alpha value is -4.79. The molecule has 1 fully saturated rings. The number of methoxy groups -OCH3 is 2. The largest absolute Gasteiger partial charge is 0.493 e. The van der Waals surface area contributed by atoms with Crippen LogP contribution in [0.5, 0.6) is 11.5 Å². The summed E-state index contributed by atoms with van der Waals surface area (Å²) in [4.78, 5) is 28.2. The van der Waals surface area contributed by atoms with Crippen molar-refractivity contribution >= 4 is 23.4 Å². The van der Waals surface area contributed by atoms with Crippen molar-refractivity contribution in [2.45, 2.75) is 58.8 Å². The van der Waals surface area contributed by atoms with Crippen LogP contribution in [0, 0.1) is 12.8 Å². The topological polar surface area (TPSA) is 97.7 Å². The van der Waals surface area contributed by atoms with Crippen LogP contribution < -0.4 is 20.1 Å². The zero-order valence-electron chi connectivity index (χ0n) is 27.7. The third kappa shape index (κ3) is 8.07. The smallest absolute Gasteiger partial charge is 0.324 e. The molecule has 5 rings (SSSR count). The van der Waals surface area contributed by atoms with Gasteiger partial charge in [0.15, 0.2) is 11.5 Å². The second-order valence-electron chi connectivity index (χ2n) is 13.1. The lowest BCUT2D eigenvalue weighted by molar-refractivity contribution is -0.131. The van der Waals surface area contributed by atoms with E-state index in [0.717, 1.165) is 66.1 Å². The summed E-state index contributed by atoms with van der Waals surface area (Å²) in [6.45, 7) is 9.83. The van der Waals surface area contributed by atoms with Gasteiger partial charge >= 0.3 is 6.03 Å². The Kier molecular flexibility index (Phi) is 9.99. The number of carbonyl (C=O) groups excluding carboxylic acids is 2. The number of nitrogens with zero attached hydrogens (tertiary/aromatic N) is 3. The third-order valence-electron chi connectivity index (χ3n) is 8.48. The molecule has 3 amide bonds. The summed E-state index contributed by atoms with van der Waals surface area (Å²) in [5, 5.41) is 10.8. The maximum Gasteiger partial charge on any atom is 0.324 e. The van der Waals surface area contributed by atoms with E-state index in [4.69, 9.17) is 14.6 Å². The van der Waals surface area contributed by atoms with E-state index in [1.54, 1.807) is 18.9 Å². The van der Waals surface area contributed by atoms with Crippen molar-refractivity contribution in [1.82, 2.24) is 14.7 Å². The molecule has 2 N–H and O–H groups in total. The number of ether oxygens (including phenoxy) is 2. The summed E-state index contributed by atoms with van der Waals surface area (Å²) in [5.41, 5.74) is 5.55. The van der Waals surface area contributed by atoms with Crippen LogP contribution in [0.1, 0.15) is 56.0 Å². The van der Waals surface area contributed by atoms with Crippen LogP contribution in [-0.4, -0.2) is 53.9 Å². The number of urea groups is 1. The van der Waals surface area contributed by atoms with E-state index in [2.05, 4.69) is 37.5 Å². The van der Waals surface area contributed by atoms with Crippen molar-refractivity contribution in [1.29, 1.82) is 0 Å². The van der Waals surface area contributed by atoms with Crippen LogP contribution >= 0.6 is 0 Å². The van der Waals surface area contributed by atoms with Gasteiger partial charge in [-0.3, -0.25) is 10.1 Å². The number of carbonyl (C=O) groups is 2. The molecular weight excluding hydrogens is 578 g/mol. The van der Waals surface area contributed by atoms with E-state index in [9.17, 15) is 9.59 Å². The van der Waals surface area contributed by atoms with E-state index < -0.39 is 0 Å². The molecule has 1 aliphatic heterocycles. The highest BCUT2D eigenvalue weighted by Crippen LogP contribution is 2.29. The van der Waals surface area contributed by atoms with Crippen molar-refractivity contribution in [3.8, 4) is 17.2 Å². The van der Waals surface area contributed by atoms with Crippen LogP contribution in [0.4, 0.5) is 16.3 Å². The van der Waals surface area contributed by atoms with Crippen LogP contribution in [-0.2, 0) is 23.1 Å². The molecule has 3 aromatic carbocycles. The minimum Gasteiger partial charge on any atom is -0.493 e.